The van der Waals surface area contributed by atoms with Crippen LogP contribution in [0.25, 0.3) is 11.0 Å². The van der Waals surface area contributed by atoms with E-state index < -0.39 is 0 Å². The zero-order valence-electron chi connectivity index (χ0n) is 9.72. The van der Waals surface area contributed by atoms with Gasteiger partial charge in [0.05, 0.1) is 0 Å². The molecule has 4 nitrogen and oxygen atoms in total. The Bertz CT molecular complexity index is 635. The van der Waals surface area contributed by atoms with Crippen LogP contribution in [0.1, 0.15) is 18.2 Å². The molecule has 3 aromatic rings. The molecule has 3 heterocycles. The summed E-state index contributed by atoms with van der Waals surface area (Å²) in [6, 6.07) is 6.14. The molecule has 17 heavy (non-hydrogen) atoms. The fraction of sp³-hybridized carbons (Fsp3) is 0.231. The van der Waals surface area contributed by atoms with E-state index >= 15 is 0 Å². The van der Waals surface area contributed by atoms with Crippen LogP contribution in [0.2, 0.25) is 0 Å². The first-order valence-electron chi connectivity index (χ1n) is 5.80. The molecule has 1 N–H and O–H groups in total. The highest BCUT2D eigenvalue weighted by Gasteiger charge is 2.07. The van der Waals surface area contributed by atoms with Crippen molar-refractivity contribution < 1.29 is 0 Å². The number of fused-ring (bicyclic) bond motifs is 1. The summed E-state index contributed by atoms with van der Waals surface area (Å²) >= 11 is 0. The first kappa shape index (κ1) is 10.1. The van der Waals surface area contributed by atoms with E-state index in [1.807, 2.05) is 23.1 Å². The molecule has 0 spiro atoms. The predicted octanol–water partition coefficient (Wildman–Crippen LogP) is 2.37. The predicted molar refractivity (Wildman–Crippen MR) is 66.8 cm³/mol. The van der Waals surface area contributed by atoms with Crippen molar-refractivity contribution in [3.63, 3.8) is 0 Å². The third kappa shape index (κ3) is 1.71. The average molecular weight is 226 g/mol. The highest BCUT2D eigenvalue weighted by molar-refractivity contribution is 5.79. The monoisotopic (exact) mass is 226 g/mol. The first-order valence-corrected chi connectivity index (χ1v) is 5.80. The Balaban J connectivity index is 2.00. The molecule has 0 aliphatic rings. The van der Waals surface area contributed by atoms with Crippen molar-refractivity contribution in [1.82, 2.24) is 19.7 Å². The standard InChI is InChI=1S/C13H14N4/c1-2-17-11(5-7-16-17)8-10-9-15-13-12(10)4-3-6-14-13/h3-7,9H,2,8H2,1H3,(H,14,15). The zero-order valence-corrected chi connectivity index (χ0v) is 9.72. The van der Waals surface area contributed by atoms with Gasteiger partial charge in [0.2, 0.25) is 0 Å². The summed E-state index contributed by atoms with van der Waals surface area (Å²) in [5, 5.41) is 5.48. The Morgan fingerprint density at radius 2 is 2.24 bits per heavy atom. The van der Waals surface area contributed by atoms with Gasteiger partial charge in [-0.1, -0.05) is 0 Å². The second-order valence-electron chi connectivity index (χ2n) is 4.03. The number of H-pyrrole nitrogens is 1. The van der Waals surface area contributed by atoms with Crippen LogP contribution in [0.3, 0.4) is 0 Å². The highest BCUT2D eigenvalue weighted by atomic mass is 15.3. The molecule has 0 atom stereocenters. The van der Waals surface area contributed by atoms with Crippen LogP contribution in [0.15, 0.2) is 36.8 Å². The van der Waals surface area contributed by atoms with Gasteiger partial charge in [-0.3, -0.25) is 4.68 Å². The third-order valence-corrected chi connectivity index (χ3v) is 3.01. The van der Waals surface area contributed by atoms with E-state index in [1.54, 1.807) is 6.20 Å². The molecule has 0 saturated heterocycles. The lowest BCUT2D eigenvalue weighted by Gasteiger charge is -2.03. The maximum atomic E-state index is 4.30. The molecule has 0 aliphatic carbocycles. The number of pyridine rings is 1. The van der Waals surface area contributed by atoms with Crippen molar-refractivity contribution in [2.45, 2.75) is 19.9 Å². The number of hydrogen-bond acceptors (Lipinski definition) is 2. The van der Waals surface area contributed by atoms with E-state index in [0.29, 0.717) is 0 Å². The van der Waals surface area contributed by atoms with Crippen molar-refractivity contribution in [2.24, 2.45) is 0 Å². The third-order valence-electron chi connectivity index (χ3n) is 3.01. The van der Waals surface area contributed by atoms with E-state index in [9.17, 15) is 0 Å². The SMILES string of the molecule is CCn1nccc1Cc1c[nH]c2ncccc12. The van der Waals surface area contributed by atoms with E-state index in [-0.39, 0.29) is 0 Å². The molecule has 0 amide bonds. The fourth-order valence-electron chi connectivity index (χ4n) is 2.15. The summed E-state index contributed by atoms with van der Waals surface area (Å²) in [6.07, 6.45) is 6.58. The van der Waals surface area contributed by atoms with Crippen molar-refractivity contribution in [1.29, 1.82) is 0 Å². The normalized spacial score (nSPS) is 11.1. The molecule has 4 heteroatoms. The van der Waals surface area contributed by atoms with E-state index in [0.717, 1.165) is 18.6 Å². The Kier molecular flexibility index (Phi) is 2.40. The molecule has 0 bridgehead atoms. The van der Waals surface area contributed by atoms with E-state index in [2.05, 4.69) is 34.1 Å². The molecule has 0 fully saturated rings. The molecule has 86 valence electrons. The second kappa shape index (κ2) is 4.05. The number of hydrogen-bond donors (Lipinski definition) is 1. The number of rotatable bonds is 3. The van der Waals surface area contributed by atoms with Gasteiger partial charge >= 0.3 is 0 Å². The van der Waals surface area contributed by atoms with Crippen LogP contribution >= 0.6 is 0 Å². The largest absolute Gasteiger partial charge is 0.346 e. The van der Waals surface area contributed by atoms with Gasteiger partial charge < -0.3 is 4.98 Å². The number of nitrogens with one attached hydrogen (secondary N) is 1. The average Bonchev–Trinajstić information content (AvgIpc) is 2.97. The van der Waals surface area contributed by atoms with Gasteiger partial charge in [-0.2, -0.15) is 5.10 Å². The lowest BCUT2D eigenvalue weighted by Crippen LogP contribution is -2.02. The fourth-order valence-corrected chi connectivity index (χ4v) is 2.15. The summed E-state index contributed by atoms with van der Waals surface area (Å²) in [5.74, 6) is 0. The van der Waals surface area contributed by atoms with Gasteiger partial charge in [0, 0.05) is 42.6 Å². The summed E-state index contributed by atoms with van der Waals surface area (Å²) in [5.41, 5.74) is 3.45. The number of nitrogens with zero attached hydrogens (tertiary/aromatic N) is 3. The minimum atomic E-state index is 0.888. The van der Waals surface area contributed by atoms with Crippen molar-refractivity contribution in [3.8, 4) is 0 Å². The molecule has 0 aromatic carbocycles. The Morgan fingerprint density at radius 1 is 1.29 bits per heavy atom. The van der Waals surface area contributed by atoms with Gasteiger partial charge in [-0.15, -0.1) is 0 Å². The number of aromatic amines is 1. The molecule has 3 rings (SSSR count). The molecule has 3 aromatic heterocycles. The Labute approximate surface area is 99.3 Å². The van der Waals surface area contributed by atoms with Gasteiger partial charge in [0.15, 0.2) is 0 Å². The summed E-state index contributed by atoms with van der Waals surface area (Å²) in [6.45, 7) is 3.01. The minimum absolute atomic E-state index is 0.888. The lowest BCUT2D eigenvalue weighted by molar-refractivity contribution is 0.630. The first-order chi connectivity index (χ1) is 8.38. The van der Waals surface area contributed by atoms with Gasteiger partial charge in [-0.05, 0) is 30.7 Å². The summed E-state index contributed by atoms with van der Waals surface area (Å²) < 4.78 is 2.02. The molecular weight excluding hydrogens is 212 g/mol. The van der Waals surface area contributed by atoms with Crippen molar-refractivity contribution >= 4 is 11.0 Å². The number of aryl methyl sites for hydroxylation is 1. The summed E-state index contributed by atoms with van der Waals surface area (Å²) in [4.78, 5) is 7.49. The Hall–Kier alpha value is -2.10. The smallest absolute Gasteiger partial charge is 0.137 e. The molecule has 0 radical (unpaired) electrons. The molecular formula is C13H14N4. The van der Waals surface area contributed by atoms with Crippen LogP contribution in [0.5, 0.6) is 0 Å². The maximum Gasteiger partial charge on any atom is 0.137 e. The quantitative estimate of drug-likeness (QED) is 0.745. The Morgan fingerprint density at radius 3 is 3.12 bits per heavy atom. The maximum absolute atomic E-state index is 4.30. The van der Waals surface area contributed by atoms with Crippen LogP contribution in [0.4, 0.5) is 0 Å². The van der Waals surface area contributed by atoms with Gasteiger partial charge in [-0.25, -0.2) is 4.98 Å². The van der Waals surface area contributed by atoms with Gasteiger partial charge in [0.1, 0.15) is 5.65 Å². The van der Waals surface area contributed by atoms with E-state index in [1.165, 1.54) is 16.6 Å². The zero-order chi connectivity index (χ0) is 11.7. The van der Waals surface area contributed by atoms with Crippen LogP contribution in [-0.4, -0.2) is 19.7 Å². The molecule has 0 unspecified atom stereocenters. The summed E-state index contributed by atoms with van der Waals surface area (Å²) in [7, 11) is 0. The molecule has 0 saturated carbocycles. The topological polar surface area (TPSA) is 46.5 Å². The van der Waals surface area contributed by atoms with Crippen molar-refractivity contribution in [3.05, 3.63) is 48.0 Å². The van der Waals surface area contributed by atoms with Crippen LogP contribution in [0, 0.1) is 0 Å². The van der Waals surface area contributed by atoms with Crippen LogP contribution < -0.4 is 0 Å². The minimum Gasteiger partial charge on any atom is -0.346 e. The van der Waals surface area contributed by atoms with E-state index in [4.69, 9.17) is 0 Å². The molecule has 0 aliphatic heterocycles. The second-order valence-corrected chi connectivity index (χ2v) is 4.03. The van der Waals surface area contributed by atoms with Crippen LogP contribution in [-0.2, 0) is 13.0 Å². The van der Waals surface area contributed by atoms with Crippen molar-refractivity contribution in [2.75, 3.05) is 0 Å². The number of aromatic nitrogens is 4. The highest BCUT2D eigenvalue weighted by Crippen LogP contribution is 2.18. The van der Waals surface area contributed by atoms with Gasteiger partial charge in [0.25, 0.3) is 0 Å². The lowest BCUT2D eigenvalue weighted by atomic mass is 10.1.